The number of carbonyl (C=O) groups is 1. The van der Waals surface area contributed by atoms with Crippen molar-refractivity contribution in [2.75, 3.05) is 26.6 Å². The van der Waals surface area contributed by atoms with Crippen molar-refractivity contribution in [2.24, 2.45) is 7.05 Å². The van der Waals surface area contributed by atoms with E-state index in [1.807, 2.05) is 6.92 Å². The number of hydrogen-bond donors (Lipinski definition) is 1. The Morgan fingerprint density at radius 3 is 2.57 bits per heavy atom. The fourth-order valence-corrected chi connectivity index (χ4v) is 4.34. The molecule has 3 aromatic rings. The Morgan fingerprint density at radius 2 is 1.97 bits per heavy atom. The van der Waals surface area contributed by atoms with Crippen LogP contribution in [0.4, 0.5) is 19.0 Å². The number of nitrogens with zero attached hydrogens (tertiary/aromatic N) is 5. The van der Waals surface area contributed by atoms with E-state index in [1.54, 1.807) is 43.2 Å². The van der Waals surface area contributed by atoms with Crippen LogP contribution in [0.15, 0.2) is 30.6 Å². The number of nitrogens with one attached hydrogen (secondary N) is 1. The molecule has 0 saturated carbocycles. The summed E-state index contributed by atoms with van der Waals surface area (Å²) in [6, 6.07) is 2.32. The number of anilines is 1. The molecule has 188 valence electrons. The van der Waals surface area contributed by atoms with Gasteiger partial charge in [-0.3, -0.25) is 9.48 Å². The van der Waals surface area contributed by atoms with Crippen molar-refractivity contribution >= 4 is 11.7 Å². The molecule has 12 heteroatoms. The molecule has 0 radical (unpaired) electrons. The zero-order valence-electron chi connectivity index (χ0n) is 20.1. The smallest absolute Gasteiger partial charge is 0.410 e. The van der Waals surface area contributed by atoms with E-state index in [9.17, 15) is 18.0 Å². The van der Waals surface area contributed by atoms with E-state index in [0.29, 0.717) is 17.1 Å². The van der Waals surface area contributed by atoms with Crippen LogP contribution in [-0.4, -0.2) is 57.8 Å². The Balaban J connectivity index is 1.68. The van der Waals surface area contributed by atoms with Gasteiger partial charge in [-0.2, -0.15) is 23.4 Å². The molecule has 1 aliphatic rings. The van der Waals surface area contributed by atoms with Gasteiger partial charge >= 0.3 is 6.18 Å². The van der Waals surface area contributed by atoms with Crippen LogP contribution in [0.2, 0.25) is 0 Å². The van der Waals surface area contributed by atoms with Crippen molar-refractivity contribution in [2.45, 2.75) is 38.1 Å². The van der Waals surface area contributed by atoms with Crippen LogP contribution in [0.1, 0.15) is 45.7 Å². The quantitative estimate of drug-likeness (QED) is 0.562. The molecule has 0 fully saturated rings. The van der Waals surface area contributed by atoms with Crippen LogP contribution >= 0.6 is 0 Å². The first-order valence-electron chi connectivity index (χ1n) is 10.9. The predicted molar refractivity (Wildman–Crippen MR) is 122 cm³/mol. The van der Waals surface area contributed by atoms with E-state index in [0.717, 1.165) is 15.9 Å². The largest absolute Gasteiger partial charge is 0.493 e. The normalized spacial score (nSPS) is 17.5. The predicted octanol–water partition coefficient (Wildman–Crippen LogP) is 3.87. The van der Waals surface area contributed by atoms with Gasteiger partial charge in [0.1, 0.15) is 11.4 Å². The highest BCUT2D eigenvalue weighted by molar-refractivity contribution is 5.98. The molecular weight excluding hydrogens is 465 g/mol. The highest BCUT2D eigenvalue weighted by atomic mass is 19.4. The Bertz CT molecular complexity index is 1240. The van der Waals surface area contributed by atoms with Crippen LogP contribution < -0.4 is 14.8 Å². The number of alkyl halides is 3. The molecule has 0 aliphatic carbocycles. The number of fused-ring (bicyclic) bond motifs is 1. The van der Waals surface area contributed by atoms with E-state index < -0.39 is 24.2 Å². The third-order valence-electron chi connectivity index (χ3n) is 6.15. The summed E-state index contributed by atoms with van der Waals surface area (Å²) in [6.45, 7) is 2.09. The number of carbonyl (C=O) groups excluding carboxylic acids is 1. The van der Waals surface area contributed by atoms with Crippen molar-refractivity contribution in [1.82, 2.24) is 24.5 Å². The maximum atomic E-state index is 14.0. The van der Waals surface area contributed by atoms with E-state index >= 15 is 0 Å². The summed E-state index contributed by atoms with van der Waals surface area (Å²) in [6.07, 6.45) is -1.87. The Hall–Kier alpha value is -3.70. The lowest BCUT2D eigenvalue weighted by Gasteiger charge is -2.34. The molecule has 1 amide bonds. The van der Waals surface area contributed by atoms with Crippen LogP contribution in [0, 0.1) is 6.92 Å². The van der Waals surface area contributed by atoms with Gasteiger partial charge in [0.25, 0.3) is 5.91 Å². The van der Waals surface area contributed by atoms with Gasteiger partial charge in [0, 0.05) is 38.8 Å². The Morgan fingerprint density at radius 1 is 1.26 bits per heavy atom. The zero-order chi connectivity index (χ0) is 25.5. The lowest BCUT2D eigenvalue weighted by molar-refractivity contribution is -0.173. The second-order valence-corrected chi connectivity index (χ2v) is 8.53. The number of halogens is 3. The Labute approximate surface area is 200 Å². The minimum absolute atomic E-state index is 0.0260. The molecular formula is C23H27F3N6O3. The third kappa shape index (κ3) is 4.64. The lowest BCUT2D eigenvalue weighted by atomic mass is 9.96. The monoisotopic (exact) mass is 492 g/mol. The fourth-order valence-electron chi connectivity index (χ4n) is 4.34. The highest BCUT2D eigenvalue weighted by Crippen LogP contribution is 2.45. The van der Waals surface area contributed by atoms with Crippen molar-refractivity contribution in [3.8, 4) is 11.5 Å². The molecule has 1 N–H and O–H groups in total. The summed E-state index contributed by atoms with van der Waals surface area (Å²) in [5.41, 5.74) is 2.25. The minimum atomic E-state index is -4.56. The zero-order valence-corrected chi connectivity index (χ0v) is 20.1. The van der Waals surface area contributed by atoms with Gasteiger partial charge < -0.3 is 19.7 Å². The van der Waals surface area contributed by atoms with Crippen molar-refractivity contribution < 1.29 is 27.4 Å². The first-order valence-corrected chi connectivity index (χ1v) is 10.9. The number of aryl methyl sites for hydroxylation is 2. The van der Waals surface area contributed by atoms with E-state index in [-0.39, 0.29) is 24.3 Å². The van der Waals surface area contributed by atoms with Crippen LogP contribution in [-0.2, 0) is 13.6 Å². The van der Waals surface area contributed by atoms with Gasteiger partial charge in [0.2, 0.25) is 0 Å². The fraction of sp³-hybridized carbons (Fsp3) is 0.435. The van der Waals surface area contributed by atoms with Gasteiger partial charge in [0.05, 0.1) is 32.2 Å². The third-order valence-corrected chi connectivity index (χ3v) is 6.15. The highest BCUT2D eigenvalue weighted by Gasteiger charge is 2.47. The summed E-state index contributed by atoms with van der Waals surface area (Å²) in [7, 11) is 6.31. The number of hydrogen-bond acceptors (Lipinski definition) is 6. The van der Waals surface area contributed by atoms with Crippen LogP contribution in [0.5, 0.6) is 11.5 Å². The molecule has 4 rings (SSSR count). The van der Waals surface area contributed by atoms with Crippen LogP contribution in [0.25, 0.3) is 0 Å². The van der Waals surface area contributed by atoms with Gasteiger partial charge in [-0.15, -0.1) is 0 Å². The molecule has 3 heterocycles. The molecule has 1 aromatic carbocycles. The van der Waals surface area contributed by atoms with Crippen molar-refractivity contribution in [3.63, 3.8) is 0 Å². The number of methoxy groups -OCH3 is 2. The molecule has 9 nitrogen and oxygen atoms in total. The summed E-state index contributed by atoms with van der Waals surface area (Å²) < 4.78 is 55.2. The summed E-state index contributed by atoms with van der Waals surface area (Å²) in [5.74, 6) is 0.444. The number of amides is 1. The molecule has 0 saturated heterocycles. The number of aromatic nitrogens is 4. The van der Waals surface area contributed by atoms with Gasteiger partial charge in [-0.05, 0) is 24.6 Å². The lowest BCUT2D eigenvalue weighted by Crippen LogP contribution is -2.36. The van der Waals surface area contributed by atoms with E-state index in [1.165, 1.54) is 25.3 Å². The molecule has 2 aromatic heterocycles. The average Bonchev–Trinajstić information content (AvgIpc) is 3.38. The number of benzene rings is 1. The van der Waals surface area contributed by atoms with Crippen LogP contribution in [0.3, 0.4) is 0 Å². The maximum Gasteiger partial charge on any atom is 0.410 e. The summed E-state index contributed by atoms with van der Waals surface area (Å²) in [4.78, 5) is 14.7. The minimum Gasteiger partial charge on any atom is -0.493 e. The number of ether oxygens (including phenoxy) is 2. The second-order valence-electron chi connectivity index (χ2n) is 8.53. The molecule has 1 aliphatic heterocycles. The van der Waals surface area contributed by atoms with Gasteiger partial charge in [-0.25, -0.2) is 4.68 Å². The standard InChI is InChI=1S/C23H27F3N6O3/c1-13-15(12-31(3)29-13)11-30(2)22(33)16-10-27-32-20(23(24,25)26)9-17(28-21(16)32)14-6-7-18(34-4)19(8-14)35-5/h6-8,10,12,17,20,28H,9,11H2,1-5H3. The first-order chi connectivity index (χ1) is 16.5. The number of rotatable bonds is 6. The second kappa shape index (κ2) is 9.16. The Kier molecular flexibility index (Phi) is 6.39. The van der Waals surface area contributed by atoms with Gasteiger partial charge in [0.15, 0.2) is 17.5 Å². The first kappa shape index (κ1) is 24.4. The molecule has 2 unspecified atom stereocenters. The maximum absolute atomic E-state index is 14.0. The average molecular weight is 493 g/mol. The van der Waals surface area contributed by atoms with E-state index in [4.69, 9.17) is 9.47 Å². The topological polar surface area (TPSA) is 86.4 Å². The molecule has 0 spiro atoms. The van der Waals surface area contributed by atoms with E-state index in [2.05, 4.69) is 15.5 Å². The molecule has 2 atom stereocenters. The molecule has 35 heavy (non-hydrogen) atoms. The van der Waals surface area contributed by atoms with Crippen molar-refractivity contribution in [1.29, 1.82) is 0 Å². The SMILES string of the molecule is COc1ccc(C2CC(C(F)(F)F)n3ncc(C(=O)N(C)Cc4cn(C)nc4C)c3N2)cc1OC. The molecule has 0 bridgehead atoms. The van der Waals surface area contributed by atoms with Crippen molar-refractivity contribution in [3.05, 3.63) is 53.0 Å². The summed E-state index contributed by atoms with van der Waals surface area (Å²) in [5, 5.41) is 11.3. The van der Waals surface area contributed by atoms with Gasteiger partial charge in [-0.1, -0.05) is 6.07 Å². The summed E-state index contributed by atoms with van der Waals surface area (Å²) >= 11 is 0.